The summed E-state index contributed by atoms with van der Waals surface area (Å²) in [7, 11) is 3.12. The van der Waals surface area contributed by atoms with Crippen molar-refractivity contribution in [1.82, 2.24) is 5.32 Å². The average molecular weight is 390 g/mol. The molecule has 6 heteroatoms. The van der Waals surface area contributed by atoms with Gasteiger partial charge >= 0.3 is 0 Å². The lowest BCUT2D eigenvalue weighted by Crippen LogP contribution is -2.37. The van der Waals surface area contributed by atoms with Crippen LogP contribution in [0.5, 0.6) is 11.5 Å². The third kappa shape index (κ3) is 3.61. The van der Waals surface area contributed by atoms with Crippen LogP contribution in [0.1, 0.15) is 16.8 Å². The van der Waals surface area contributed by atoms with E-state index in [0.29, 0.717) is 23.6 Å². The lowest BCUT2D eigenvalue weighted by atomic mass is 10.0. The van der Waals surface area contributed by atoms with Crippen LogP contribution < -0.4 is 19.7 Å². The Hall–Kier alpha value is -3.54. The van der Waals surface area contributed by atoms with Gasteiger partial charge in [0, 0.05) is 30.3 Å². The Morgan fingerprint density at radius 1 is 1.00 bits per heavy atom. The van der Waals surface area contributed by atoms with E-state index in [0.717, 1.165) is 16.5 Å². The predicted octanol–water partition coefficient (Wildman–Crippen LogP) is 3.39. The van der Waals surface area contributed by atoms with Crippen molar-refractivity contribution in [3.63, 3.8) is 0 Å². The second-order valence-electron chi connectivity index (χ2n) is 6.94. The van der Waals surface area contributed by atoms with Gasteiger partial charge in [-0.3, -0.25) is 9.59 Å². The predicted molar refractivity (Wildman–Crippen MR) is 112 cm³/mol. The summed E-state index contributed by atoms with van der Waals surface area (Å²) in [4.78, 5) is 27.1. The molecule has 1 aliphatic heterocycles. The SMILES string of the molecule is COc1ccc(N2C[C@H](NC(=O)c3cccc4ccccc34)CC2=O)cc1OC. The van der Waals surface area contributed by atoms with Crippen LogP contribution in [0.4, 0.5) is 5.69 Å². The molecule has 1 heterocycles. The van der Waals surface area contributed by atoms with Crippen LogP contribution in [-0.2, 0) is 4.79 Å². The highest BCUT2D eigenvalue weighted by Gasteiger charge is 2.32. The summed E-state index contributed by atoms with van der Waals surface area (Å²) in [5, 5.41) is 4.92. The number of fused-ring (bicyclic) bond motifs is 1. The molecule has 0 aliphatic carbocycles. The van der Waals surface area contributed by atoms with Crippen molar-refractivity contribution >= 4 is 28.3 Å². The number of carbonyl (C=O) groups is 2. The van der Waals surface area contributed by atoms with Gasteiger partial charge in [0.25, 0.3) is 5.91 Å². The standard InChI is InChI=1S/C23H22N2O4/c1-28-20-11-10-17(13-21(20)29-2)25-14-16(12-22(25)26)24-23(27)19-9-5-7-15-6-3-4-8-18(15)19/h3-11,13,16H,12,14H2,1-2H3,(H,24,27)/t16-/m1/s1. The number of benzene rings is 3. The molecule has 4 rings (SSSR count). The second kappa shape index (κ2) is 7.83. The average Bonchev–Trinajstić information content (AvgIpc) is 3.12. The van der Waals surface area contributed by atoms with E-state index in [9.17, 15) is 9.59 Å². The van der Waals surface area contributed by atoms with Crippen LogP contribution in [0.25, 0.3) is 10.8 Å². The summed E-state index contributed by atoms with van der Waals surface area (Å²) >= 11 is 0. The lowest BCUT2D eigenvalue weighted by Gasteiger charge is -2.19. The fraction of sp³-hybridized carbons (Fsp3) is 0.217. The van der Waals surface area contributed by atoms with E-state index < -0.39 is 0 Å². The number of anilines is 1. The topological polar surface area (TPSA) is 67.9 Å². The molecule has 1 aliphatic rings. The number of rotatable bonds is 5. The maximum Gasteiger partial charge on any atom is 0.252 e. The van der Waals surface area contributed by atoms with E-state index in [1.807, 2.05) is 42.5 Å². The number of carbonyl (C=O) groups excluding carboxylic acids is 2. The first-order chi connectivity index (χ1) is 14.1. The highest BCUT2D eigenvalue weighted by Crippen LogP contribution is 2.33. The van der Waals surface area contributed by atoms with Crippen LogP contribution in [0, 0.1) is 0 Å². The molecular weight excluding hydrogens is 368 g/mol. The lowest BCUT2D eigenvalue weighted by molar-refractivity contribution is -0.117. The third-order valence-electron chi connectivity index (χ3n) is 5.17. The normalized spacial score (nSPS) is 16.1. The minimum absolute atomic E-state index is 0.0413. The van der Waals surface area contributed by atoms with Crippen molar-refractivity contribution in [2.75, 3.05) is 25.7 Å². The molecule has 1 atom stereocenters. The molecule has 0 bridgehead atoms. The number of methoxy groups -OCH3 is 2. The molecule has 1 fully saturated rings. The first kappa shape index (κ1) is 18.8. The van der Waals surface area contributed by atoms with Crippen molar-refractivity contribution in [2.45, 2.75) is 12.5 Å². The molecule has 29 heavy (non-hydrogen) atoms. The number of ether oxygens (including phenoxy) is 2. The van der Waals surface area contributed by atoms with E-state index in [1.54, 1.807) is 37.3 Å². The largest absolute Gasteiger partial charge is 0.493 e. The van der Waals surface area contributed by atoms with Crippen LogP contribution in [0.15, 0.2) is 60.7 Å². The first-order valence-corrected chi connectivity index (χ1v) is 9.41. The number of amides is 2. The summed E-state index contributed by atoms with van der Waals surface area (Å²) in [6, 6.07) is 18.5. The van der Waals surface area contributed by atoms with Gasteiger partial charge < -0.3 is 19.7 Å². The van der Waals surface area contributed by atoms with Crippen molar-refractivity contribution in [3.8, 4) is 11.5 Å². The Labute approximate surface area is 169 Å². The van der Waals surface area contributed by atoms with Gasteiger partial charge in [0.15, 0.2) is 11.5 Å². The number of nitrogens with one attached hydrogen (secondary N) is 1. The smallest absolute Gasteiger partial charge is 0.252 e. The fourth-order valence-electron chi connectivity index (χ4n) is 3.73. The molecule has 2 amide bonds. The molecule has 0 saturated carbocycles. The van der Waals surface area contributed by atoms with Gasteiger partial charge in [-0.15, -0.1) is 0 Å². The third-order valence-corrected chi connectivity index (χ3v) is 5.17. The molecule has 6 nitrogen and oxygen atoms in total. The summed E-state index contributed by atoms with van der Waals surface area (Å²) in [5.41, 5.74) is 1.33. The van der Waals surface area contributed by atoms with Crippen molar-refractivity contribution < 1.29 is 19.1 Å². The maximum absolute atomic E-state index is 12.9. The van der Waals surface area contributed by atoms with Crippen LogP contribution >= 0.6 is 0 Å². The molecule has 1 N–H and O–H groups in total. The zero-order chi connectivity index (χ0) is 20.4. The van der Waals surface area contributed by atoms with Gasteiger partial charge in [-0.25, -0.2) is 0 Å². The number of nitrogens with zero attached hydrogens (tertiary/aromatic N) is 1. The van der Waals surface area contributed by atoms with Gasteiger partial charge in [-0.2, -0.15) is 0 Å². The Morgan fingerprint density at radius 3 is 2.55 bits per heavy atom. The zero-order valence-electron chi connectivity index (χ0n) is 16.3. The van der Waals surface area contributed by atoms with Crippen LogP contribution in [0.2, 0.25) is 0 Å². The van der Waals surface area contributed by atoms with Crippen molar-refractivity contribution in [1.29, 1.82) is 0 Å². The van der Waals surface area contributed by atoms with Crippen LogP contribution in [0.3, 0.4) is 0 Å². The monoisotopic (exact) mass is 390 g/mol. The molecular formula is C23H22N2O4. The van der Waals surface area contributed by atoms with Gasteiger partial charge in [-0.1, -0.05) is 36.4 Å². The summed E-state index contributed by atoms with van der Waals surface area (Å²) in [6.07, 6.45) is 0.255. The Morgan fingerprint density at radius 2 is 1.76 bits per heavy atom. The van der Waals surface area contributed by atoms with E-state index in [4.69, 9.17) is 9.47 Å². The highest BCUT2D eigenvalue weighted by atomic mass is 16.5. The van der Waals surface area contributed by atoms with Gasteiger partial charge in [0.05, 0.1) is 20.3 Å². The minimum atomic E-state index is -0.262. The summed E-state index contributed by atoms with van der Waals surface area (Å²) < 4.78 is 10.6. The van der Waals surface area contributed by atoms with Crippen molar-refractivity contribution in [2.24, 2.45) is 0 Å². The Balaban J connectivity index is 1.52. The number of hydrogen-bond acceptors (Lipinski definition) is 4. The quantitative estimate of drug-likeness (QED) is 0.725. The molecule has 3 aromatic carbocycles. The van der Waals surface area contributed by atoms with E-state index in [2.05, 4.69) is 5.32 Å². The number of hydrogen-bond donors (Lipinski definition) is 1. The minimum Gasteiger partial charge on any atom is -0.493 e. The second-order valence-corrected chi connectivity index (χ2v) is 6.94. The molecule has 0 aromatic heterocycles. The Bertz CT molecular complexity index is 1070. The van der Waals surface area contributed by atoms with Gasteiger partial charge in [0.1, 0.15) is 0 Å². The highest BCUT2D eigenvalue weighted by molar-refractivity contribution is 6.07. The molecule has 3 aromatic rings. The van der Waals surface area contributed by atoms with Gasteiger partial charge in [-0.05, 0) is 29.0 Å². The summed E-state index contributed by atoms with van der Waals surface area (Å²) in [6.45, 7) is 0.408. The molecule has 0 unspecified atom stereocenters. The van der Waals surface area contributed by atoms with Crippen LogP contribution in [-0.4, -0.2) is 38.6 Å². The van der Waals surface area contributed by atoms with E-state index in [-0.39, 0.29) is 24.3 Å². The zero-order valence-corrected chi connectivity index (χ0v) is 16.3. The van der Waals surface area contributed by atoms with Crippen molar-refractivity contribution in [3.05, 3.63) is 66.2 Å². The molecule has 1 saturated heterocycles. The van der Waals surface area contributed by atoms with E-state index in [1.165, 1.54) is 0 Å². The molecule has 0 radical (unpaired) electrons. The van der Waals surface area contributed by atoms with E-state index >= 15 is 0 Å². The summed E-state index contributed by atoms with van der Waals surface area (Å²) in [5.74, 6) is 0.943. The molecule has 148 valence electrons. The van der Waals surface area contributed by atoms with Gasteiger partial charge in [0.2, 0.25) is 5.91 Å². The fourth-order valence-corrected chi connectivity index (χ4v) is 3.73. The molecule has 0 spiro atoms. The maximum atomic E-state index is 12.9. The first-order valence-electron chi connectivity index (χ1n) is 9.41. The Kier molecular flexibility index (Phi) is 5.08.